The van der Waals surface area contributed by atoms with Gasteiger partial charge in [-0.2, -0.15) is 5.10 Å². The van der Waals surface area contributed by atoms with E-state index < -0.39 is 0 Å². The molecule has 0 saturated carbocycles. The van der Waals surface area contributed by atoms with Crippen LogP contribution in [-0.4, -0.2) is 30.9 Å². The van der Waals surface area contributed by atoms with Crippen LogP contribution in [0.15, 0.2) is 94.8 Å². The van der Waals surface area contributed by atoms with Crippen molar-refractivity contribution in [2.75, 3.05) is 18.6 Å². The van der Waals surface area contributed by atoms with E-state index in [2.05, 4.69) is 87.9 Å². The Balaban J connectivity index is 0.00000342. The molecule has 183 valence electrons. The first-order chi connectivity index (χ1) is 16.5. The smallest absolute Gasteiger partial charge is 0.238 e. The van der Waals surface area contributed by atoms with Gasteiger partial charge in [-0.3, -0.25) is 0 Å². The van der Waals surface area contributed by atoms with Crippen molar-refractivity contribution in [3.63, 3.8) is 0 Å². The number of anilines is 1. The predicted molar refractivity (Wildman–Crippen MR) is 148 cm³/mol. The molecule has 0 spiro atoms. The molecule has 0 fully saturated rings. The number of hydrogen-bond acceptors (Lipinski definition) is 4. The molecule has 1 atom stereocenters. The van der Waals surface area contributed by atoms with Crippen LogP contribution in [0, 0.1) is 3.57 Å². The van der Waals surface area contributed by atoms with E-state index in [1.807, 2.05) is 30.3 Å². The molecule has 0 amide bonds. The summed E-state index contributed by atoms with van der Waals surface area (Å²) in [6.45, 7) is 5.24. The third-order valence-electron chi connectivity index (χ3n) is 6.19. The molecule has 1 radical (unpaired) electrons. The minimum atomic E-state index is -0.290. The molecule has 1 aliphatic heterocycles. The van der Waals surface area contributed by atoms with E-state index in [1.54, 1.807) is 25.5 Å². The number of nitrogens with zero attached hydrogens (tertiary/aromatic N) is 3. The number of methoxy groups -OCH3 is 1. The Morgan fingerprint density at radius 2 is 1.86 bits per heavy atom. The molecule has 5 nitrogen and oxygen atoms in total. The van der Waals surface area contributed by atoms with Crippen LogP contribution in [0.5, 0.6) is 5.75 Å². The fraction of sp³-hybridized carbons (Fsp3) is 0.214. The second-order valence-corrected chi connectivity index (χ2v) is 9.62. The molecule has 3 aromatic carbocycles. The van der Waals surface area contributed by atoms with Crippen LogP contribution in [0.4, 0.5) is 5.69 Å². The molecule has 1 unspecified atom stereocenters. The molecular weight excluding hydrogens is 596 g/mol. The molecule has 0 saturated heterocycles. The SMILES string of the molecule is CCN1\C(=C/C=N/N=C(\O)c2ccccc2)C(C)(Cc2cccc(I)c2)c2cc(OC)ccc21.[Co]. The topological polar surface area (TPSA) is 57.4 Å². The van der Waals surface area contributed by atoms with Gasteiger partial charge in [0.1, 0.15) is 5.75 Å². The van der Waals surface area contributed by atoms with E-state index >= 15 is 0 Å². The first-order valence-corrected chi connectivity index (χ1v) is 12.3. The summed E-state index contributed by atoms with van der Waals surface area (Å²) in [6.07, 6.45) is 4.50. The van der Waals surface area contributed by atoms with Crippen molar-refractivity contribution in [1.29, 1.82) is 0 Å². The van der Waals surface area contributed by atoms with Gasteiger partial charge in [0.25, 0.3) is 0 Å². The molecule has 0 aliphatic carbocycles. The fourth-order valence-corrected chi connectivity index (χ4v) is 5.19. The average Bonchev–Trinajstić information content (AvgIpc) is 3.08. The van der Waals surface area contributed by atoms with Crippen molar-refractivity contribution in [3.05, 3.63) is 105 Å². The summed E-state index contributed by atoms with van der Waals surface area (Å²) in [5.74, 6) is 0.736. The number of halogens is 1. The molecule has 4 rings (SSSR count). The minimum Gasteiger partial charge on any atom is -0.497 e. The van der Waals surface area contributed by atoms with Crippen molar-refractivity contribution < 1.29 is 26.6 Å². The molecule has 3 aromatic rings. The molecular formula is C28H28CoIN3O2. The standard InChI is InChI=1S/C28H28IN3O2.Co/c1-4-32-25-14-13-23(34-3)18-24(25)28(2,19-20-9-8-12-22(29)17-20)26(32)15-16-30-31-27(33)21-10-6-5-7-11-21;/h5-18H,4,19H2,1-3H3,(H,31,33);/b26-15-,30-16+;. The second kappa shape index (κ2) is 11.9. The van der Waals surface area contributed by atoms with Gasteiger partial charge in [0.2, 0.25) is 5.90 Å². The summed E-state index contributed by atoms with van der Waals surface area (Å²) in [5.41, 5.74) is 5.14. The number of aliphatic hydroxyl groups excluding tert-OH is 1. The number of ether oxygens (including phenoxy) is 1. The summed E-state index contributed by atoms with van der Waals surface area (Å²) < 4.78 is 6.78. The van der Waals surface area contributed by atoms with Crippen LogP contribution in [0.2, 0.25) is 0 Å². The van der Waals surface area contributed by atoms with Crippen molar-refractivity contribution in [1.82, 2.24) is 0 Å². The predicted octanol–water partition coefficient (Wildman–Crippen LogP) is 6.51. The summed E-state index contributed by atoms with van der Waals surface area (Å²) in [5, 5.41) is 18.4. The van der Waals surface area contributed by atoms with Gasteiger partial charge in [0, 0.05) is 49.3 Å². The van der Waals surface area contributed by atoms with Gasteiger partial charge >= 0.3 is 0 Å². The maximum atomic E-state index is 10.2. The van der Waals surface area contributed by atoms with Crippen LogP contribution >= 0.6 is 22.6 Å². The maximum absolute atomic E-state index is 10.2. The number of hydrogen-bond donors (Lipinski definition) is 1. The monoisotopic (exact) mass is 624 g/mol. The van der Waals surface area contributed by atoms with Gasteiger partial charge in [0.15, 0.2) is 0 Å². The van der Waals surface area contributed by atoms with Crippen LogP contribution < -0.4 is 9.64 Å². The van der Waals surface area contributed by atoms with E-state index in [4.69, 9.17) is 4.74 Å². The number of rotatable bonds is 7. The quantitative estimate of drug-likeness (QED) is 0.141. The van der Waals surface area contributed by atoms with E-state index in [0.717, 1.165) is 24.4 Å². The molecule has 1 N–H and O–H groups in total. The van der Waals surface area contributed by atoms with E-state index in [1.165, 1.54) is 20.4 Å². The first kappa shape index (κ1) is 27.0. The van der Waals surface area contributed by atoms with Crippen LogP contribution in [0.25, 0.3) is 0 Å². The molecule has 0 bridgehead atoms. The number of aliphatic hydroxyl groups is 1. The Labute approximate surface area is 231 Å². The first-order valence-electron chi connectivity index (χ1n) is 11.2. The van der Waals surface area contributed by atoms with Gasteiger partial charge in [0.05, 0.1) is 13.3 Å². The van der Waals surface area contributed by atoms with Crippen LogP contribution in [-0.2, 0) is 28.6 Å². The van der Waals surface area contributed by atoms with Gasteiger partial charge in [-0.1, -0.05) is 30.3 Å². The third kappa shape index (κ3) is 5.79. The number of likely N-dealkylation sites (N-methyl/N-ethyl adjacent to an activating group) is 1. The Kier molecular flexibility index (Phi) is 9.15. The zero-order chi connectivity index (χ0) is 24.1. The fourth-order valence-electron chi connectivity index (χ4n) is 4.58. The van der Waals surface area contributed by atoms with Crippen molar-refractivity contribution in [3.8, 4) is 5.75 Å². The molecule has 0 aromatic heterocycles. The Bertz CT molecular complexity index is 1260. The number of allylic oxidation sites excluding steroid dienone is 2. The van der Waals surface area contributed by atoms with Gasteiger partial charge in [-0.05, 0) is 103 Å². The van der Waals surface area contributed by atoms with E-state index in [0.29, 0.717) is 5.56 Å². The Morgan fingerprint density at radius 1 is 1.09 bits per heavy atom. The van der Waals surface area contributed by atoms with Crippen molar-refractivity contribution in [2.45, 2.75) is 25.7 Å². The number of benzene rings is 3. The van der Waals surface area contributed by atoms with Gasteiger partial charge in [-0.15, -0.1) is 5.10 Å². The average molecular weight is 624 g/mol. The van der Waals surface area contributed by atoms with Crippen LogP contribution in [0.1, 0.15) is 30.5 Å². The molecule has 1 heterocycles. The summed E-state index contributed by atoms with van der Waals surface area (Å²) in [6, 6.07) is 24.1. The summed E-state index contributed by atoms with van der Waals surface area (Å²) >= 11 is 2.36. The minimum absolute atomic E-state index is 0. The Morgan fingerprint density at radius 3 is 2.54 bits per heavy atom. The molecule has 7 heteroatoms. The van der Waals surface area contributed by atoms with Crippen LogP contribution in [0.3, 0.4) is 0 Å². The van der Waals surface area contributed by atoms with E-state index in [9.17, 15) is 5.11 Å². The summed E-state index contributed by atoms with van der Waals surface area (Å²) in [7, 11) is 1.70. The third-order valence-corrected chi connectivity index (χ3v) is 6.86. The number of fused-ring (bicyclic) bond motifs is 1. The van der Waals surface area contributed by atoms with E-state index in [-0.39, 0.29) is 28.1 Å². The van der Waals surface area contributed by atoms with Crippen molar-refractivity contribution >= 4 is 40.4 Å². The zero-order valence-electron chi connectivity index (χ0n) is 19.9. The van der Waals surface area contributed by atoms with Gasteiger partial charge in [-0.25, -0.2) is 0 Å². The summed E-state index contributed by atoms with van der Waals surface area (Å²) in [4.78, 5) is 2.31. The van der Waals surface area contributed by atoms with Crippen molar-refractivity contribution in [2.24, 2.45) is 10.2 Å². The van der Waals surface area contributed by atoms with Gasteiger partial charge < -0.3 is 14.7 Å². The molecule has 1 aliphatic rings. The second-order valence-electron chi connectivity index (χ2n) is 8.37. The maximum Gasteiger partial charge on any atom is 0.238 e. The largest absolute Gasteiger partial charge is 0.497 e. The normalized spacial score (nSPS) is 18.6. The Hall–Kier alpha value is -2.62. The molecule has 35 heavy (non-hydrogen) atoms. The zero-order valence-corrected chi connectivity index (χ0v) is 23.1.